The van der Waals surface area contributed by atoms with Crippen molar-refractivity contribution in [3.05, 3.63) is 42.5 Å². The van der Waals surface area contributed by atoms with Gasteiger partial charge in [-0.05, 0) is 23.7 Å². The third-order valence-corrected chi connectivity index (χ3v) is 1.98. The van der Waals surface area contributed by atoms with Gasteiger partial charge in [-0.25, -0.2) is 0 Å². The lowest BCUT2D eigenvalue weighted by Crippen LogP contribution is -1.87. The number of benzene rings is 2. The van der Waals surface area contributed by atoms with Crippen LogP contribution in [0.15, 0.2) is 42.5 Å². The van der Waals surface area contributed by atoms with E-state index >= 15 is 0 Å². The Labute approximate surface area is 82.0 Å². The van der Waals surface area contributed by atoms with Crippen LogP contribution in [0.5, 0.6) is 5.75 Å². The largest absolute Gasteiger partial charge is 0.440 e. The minimum absolute atomic E-state index is 0.758. The molecule has 1 radical (unpaired) electrons. The molecule has 0 unspecified atom stereocenters. The van der Waals surface area contributed by atoms with Crippen molar-refractivity contribution in [2.24, 2.45) is 0 Å². The number of hydrogen-bond acceptors (Lipinski definition) is 2. The Morgan fingerprint density at radius 1 is 1.00 bits per heavy atom. The van der Waals surface area contributed by atoms with Gasteiger partial charge in [-0.2, -0.15) is 0 Å². The molecule has 0 amide bonds. The van der Waals surface area contributed by atoms with E-state index in [0.29, 0.717) is 0 Å². The highest BCUT2D eigenvalue weighted by molar-refractivity contribution is 7.78. The van der Waals surface area contributed by atoms with E-state index in [1.807, 2.05) is 42.5 Å². The molecule has 2 aromatic rings. The maximum absolute atomic E-state index is 5.08. The Bertz CT molecular complexity index is 432. The smallest absolute Gasteiger partial charge is 0.245 e. The van der Waals surface area contributed by atoms with Gasteiger partial charge in [-0.15, -0.1) is 0 Å². The zero-order valence-corrected chi connectivity index (χ0v) is 7.67. The Morgan fingerprint density at radius 3 is 2.62 bits per heavy atom. The molecule has 0 saturated carbocycles. The van der Waals surface area contributed by atoms with E-state index in [4.69, 9.17) is 4.74 Å². The Balaban J connectivity index is 2.68. The highest BCUT2D eigenvalue weighted by Crippen LogP contribution is 2.24. The second-order valence-corrected chi connectivity index (χ2v) is 2.83. The SMILES string of the molecule is S=[C]Oc1cccc2ccccc12. The van der Waals surface area contributed by atoms with Crippen LogP contribution in [0.4, 0.5) is 0 Å². The molecule has 2 rings (SSSR count). The van der Waals surface area contributed by atoms with Gasteiger partial charge in [0, 0.05) is 5.39 Å². The summed E-state index contributed by atoms with van der Waals surface area (Å²) in [6.45, 7) is 0. The number of fused-ring (bicyclic) bond motifs is 1. The molecular formula is C11H7OS. The van der Waals surface area contributed by atoms with E-state index in [0.717, 1.165) is 16.5 Å². The summed E-state index contributed by atoms with van der Waals surface area (Å²) in [6.07, 6.45) is 0. The molecule has 2 heteroatoms. The van der Waals surface area contributed by atoms with Crippen molar-refractivity contribution in [3.63, 3.8) is 0 Å². The summed E-state index contributed by atoms with van der Waals surface area (Å²) in [4.78, 5) is 0. The normalized spacial score (nSPS) is 9.85. The molecule has 2 aromatic carbocycles. The molecule has 1 nitrogen and oxygen atoms in total. The van der Waals surface area contributed by atoms with E-state index in [1.165, 1.54) is 0 Å². The van der Waals surface area contributed by atoms with Gasteiger partial charge >= 0.3 is 0 Å². The lowest BCUT2D eigenvalue weighted by atomic mass is 10.1. The standard InChI is InChI=1S/C11H7OS/c13-8-12-11-7-3-5-9-4-1-2-6-10(9)11/h1-7H. The summed E-state index contributed by atoms with van der Waals surface area (Å²) < 4.78 is 5.08. The monoisotopic (exact) mass is 187 g/mol. The molecule has 0 fully saturated rings. The van der Waals surface area contributed by atoms with Crippen molar-refractivity contribution in [3.8, 4) is 5.75 Å². The molecule has 0 atom stereocenters. The fourth-order valence-corrected chi connectivity index (χ4v) is 1.42. The highest BCUT2D eigenvalue weighted by Gasteiger charge is 1.98. The lowest BCUT2D eigenvalue weighted by Gasteiger charge is -2.02. The quantitative estimate of drug-likeness (QED) is 0.668. The fourth-order valence-electron chi connectivity index (χ4n) is 1.33. The summed E-state index contributed by atoms with van der Waals surface area (Å²) in [5.74, 6) is 0.758. The molecule has 0 heterocycles. The maximum Gasteiger partial charge on any atom is 0.245 e. The Morgan fingerprint density at radius 2 is 1.77 bits per heavy atom. The molecule has 63 valence electrons. The van der Waals surface area contributed by atoms with Gasteiger partial charge in [0.15, 0.2) is 0 Å². The fraction of sp³-hybridized carbons (Fsp3) is 0. The minimum atomic E-state index is 0.758. The molecule has 0 N–H and O–H groups in total. The van der Waals surface area contributed by atoms with Crippen LogP contribution in [0.25, 0.3) is 10.8 Å². The topological polar surface area (TPSA) is 9.23 Å². The van der Waals surface area contributed by atoms with Gasteiger partial charge < -0.3 is 4.74 Å². The van der Waals surface area contributed by atoms with Crippen molar-refractivity contribution in [1.82, 2.24) is 0 Å². The summed E-state index contributed by atoms with van der Waals surface area (Å²) in [6, 6.07) is 13.8. The van der Waals surface area contributed by atoms with Crippen molar-refractivity contribution in [2.45, 2.75) is 0 Å². The average molecular weight is 187 g/mol. The van der Waals surface area contributed by atoms with Crippen LogP contribution in [-0.2, 0) is 0 Å². The van der Waals surface area contributed by atoms with Gasteiger partial charge in [-0.1, -0.05) is 36.4 Å². The van der Waals surface area contributed by atoms with Crippen molar-refractivity contribution in [1.29, 1.82) is 0 Å². The Hall–Kier alpha value is -1.41. The molecule has 0 spiro atoms. The van der Waals surface area contributed by atoms with Crippen LogP contribution in [0.3, 0.4) is 0 Å². The van der Waals surface area contributed by atoms with E-state index < -0.39 is 0 Å². The lowest BCUT2D eigenvalue weighted by molar-refractivity contribution is 0.593. The van der Waals surface area contributed by atoms with E-state index in [2.05, 4.69) is 17.8 Å². The van der Waals surface area contributed by atoms with Crippen LogP contribution in [0, 0.1) is 0 Å². The number of rotatable bonds is 2. The van der Waals surface area contributed by atoms with Gasteiger partial charge in [0.2, 0.25) is 5.55 Å². The highest BCUT2D eigenvalue weighted by atomic mass is 32.1. The number of thiocarbonyl (C=S) groups is 1. The summed E-state index contributed by atoms with van der Waals surface area (Å²) in [5, 5.41) is 2.20. The maximum atomic E-state index is 5.08. The third kappa shape index (κ3) is 1.53. The molecule has 0 bridgehead atoms. The van der Waals surface area contributed by atoms with Gasteiger partial charge in [0.1, 0.15) is 5.75 Å². The van der Waals surface area contributed by atoms with E-state index in [-0.39, 0.29) is 0 Å². The number of ether oxygens (including phenoxy) is 1. The predicted molar refractivity (Wildman–Crippen MR) is 57.2 cm³/mol. The first-order valence-corrected chi connectivity index (χ1v) is 4.34. The van der Waals surface area contributed by atoms with Crippen molar-refractivity contribution >= 4 is 28.5 Å². The molecule has 13 heavy (non-hydrogen) atoms. The summed E-state index contributed by atoms with van der Waals surface area (Å²) in [5.41, 5.74) is 2.26. The zero-order chi connectivity index (χ0) is 9.10. The molecule has 0 aliphatic heterocycles. The van der Waals surface area contributed by atoms with E-state index in [1.54, 1.807) is 0 Å². The first-order valence-electron chi connectivity index (χ1n) is 3.93. The van der Waals surface area contributed by atoms with Gasteiger partial charge in [-0.3, -0.25) is 0 Å². The molecule has 0 aromatic heterocycles. The molecule has 0 aliphatic rings. The molecule has 0 aliphatic carbocycles. The number of hydrogen-bond donors (Lipinski definition) is 0. The Kier molecular flexibility index (Phi) is 2.23. The summed E-state index contributed by atoms with van der Waals surface area (Å²) in [7, 11) is 0. The van der Waals surface area contributed by atoms with E-state index in [9.17, 15) is 0 Å². The first-order chi connectivity index (χ1) is 6.42. The van der Waals surface area contributed by atoms with Crippen molar-refractivity contribution < 1.29 is 4.74 Å². The predicted octanol–water partition coefficient (Wildman–Crippen LogP) is 3.05. The minimum Gasteiger partial charge on any atom is -0.440 e. The average Bonchev–Trinajstić information content (AvgIpc) is 2.19. The zero-order valence-electron chi connectivity index (χ0n) is 6.86. The summed E-state index contributed by atoms with van der Waals surface area (Å²) >= 11 is 4.52. The third-order valence-electron chi connectivity index (χ3n) is 1.90. The van der Waals surface area contributed by atoms with Crippen LogP contribution in [0.1, 0.15) is 0 Å². The second kappa shape index (κ2) is 3.54. The van der Waals surface area contributed by atoms with Crippen LogP contribution in [0.2, 0.25) is 0 Å². The van der Waals surface area contributed by atoms with Gasteiger partial charge in [0.25, 0.3) is 0 Å². The van der Waals surface area contributed by atoms with Gasteiger partial charge in [0.05, 0.1) is 0 Å². The molecule has 0 saturated heterocycles. The first kappa shape index (κ1) is 8.20. The van der Waals surface area contributed by atoms with Crippen LogP contribution in [-0.4, -0.2) is 5.55 Å². The van der Waals surface area contributed by atoms with Crippen LogP contribution < -0.4 is 4.74 Å². The van der Waals surface area contributed by atoms with Crippen molar-refractivity contribution in [2.75, 3.05) is 0 Å². The second-order valence-electron chi connectivity index (χ2n) is 2.66. The van der Waals surface area contributed by atoms with Crippen LogP contribution >= 0.6 is 12.2 Å². The molecular weight excluding hydrogens is 180 g/mol.